The van der Waals surface area contributed by atoms with E-state index in [-0.39, 0.29) is 28.6 Å². The summed E-state index contributed by atoms with van der Waals surface area (Å²) >= 11 is 1.04. The first-order valence-electron chi connectivity index (χ1n) is 8.68. The molecule has 3 rings (SSSR count). The minimum atomic E-state index is -0.798. The number of carbonyl (C=O) groups excluding carboxylic acids is 2. The number of methoxy groups -OCH3 is 1. The van der Waals surface area contributed by atoms with Gasteiger partial charge in [-0.2, -0.15) is 0 Å². The molecule has 2 aromatic carbocycles. The maximum atomic E-state index is 13.0. The molecule has 3 aromatic rings. The van der Waals surface area contributed by atoms with Gasteiger partial charge >= 0.3 is 5.97 Å². The van der Waals surface area contributed by atoms with Crippen molar-refractivity contribution in [3.63, 3.8) is 0 Å². The van der Waals surface area contributed by atoms with E-state index in [4.69, 9.17) is 9.15 Å². The number of halogens is 1. The van der Waals surface area contributed by atoms with Crippen LogP contribution < -0.4 is 5.32 Å². The molecule has 150 valence electrons. The largest absolute Gasteiger partial charge is 0.467 e. The molecule has 0 unspecified atom stereocenters. The van der Waals surface area contributed by atoms with Crippen molar-refractivity contribution < 1.29 is 23.1 Å². The van der Waals surface area contributed by atoms with Crippen LogP contribution in [-0.4, -0.2) is 41.0 Å². The zero-order chi connectivity index (χ0) is 20.6. The molecule has 7 nitrogen and oxygen atoms in total. The molecule has 29 heavy (non-hydrogen) atoms. The average molecular weight is 415 g/mol. The summed E-state index contributed by atoms with van der Waals surface area (Å²) in [7, 11) is 1.27. The molecule has 1 amide bonds. The maximum absolute atomic E-state index is 13.0. The fourth-order valence-corrected chi connectivity index (χ4v) is 3.10. The molecule has 0 spiro atoms. The quantitative estimate of drug-likeness (QED) is 0.447. The number of hydrogen-bond acceptors (Lipinski definition) is 7. The van der Waals surface area contributed by atoms with Crippen molar-refractivity contribution in [2.75, 3.05) is 12.9 Å². The van der Waals surface area contributed by atoms with Crippen LogP contribution in [0.5, 0.6) is 0 Å². The van der Waals surface area contributed by atoms with Crippen molar-refractivity contribution >= 4 is 23.6 Å². The fraction of sp³-hybridized carbons (Fsp3) is 0.200. The third kappa shape index (κ3) is 5.89. The van der Waals surface area contributed by atoms with Crippen molar-refractivity contribution in [3.8, 4) is 11.5 Å². The summed E-state index contributed by atoms with van der Waals surface area (Å²) < 4.78 is 23.3. The highest BCUT2D eigenvalue weighted by molar-refractivity contribution is 7.99. The Bertz CT molecular complexity index is 963. The molecular weight excluding hydrogens is 397 g/mol. The van der Waals surface area contributed by atoms with E-state index in [0.29, 0.717) is 12.0 Å². The second-order valence-corrected chi connectivity index (χ2v) is 6.93. The van der Waals surface area contributed by atoms with Crippen LogP contribution in [0.3, 0.4) is 0 Å². The van der Waals surface area contributed by atoms with Crippen LogP contribution in [0.15, 0.2) is 64.2 Å². The monoisotopic (exact) mass is 415 g/mol. The van der Waals surface area contributed by atoms with E-state index in [9.17, 15) is 14.0 Å². The molecule has 0 aliphatic heterocycles. The zero-order valence-electron chi connectivity index (χ0n) is 15.5. The Hall–Kier alpha value is -3.20. The zero-order valence-corrected chi connectivity index (χ0v) is 16.3. The Morgan fingerprint density at radius 3 is 2.55 bits per heavy atom. The minimum Gasteiger partial charge on any atom is -0.467 e. The highest BCUT2D eigenvalue weighted by Gasteiger charge is 2.22. The van der Waals surface area contributed by atoms with Crippen LogP contribution >= 0.6 is 11.8 Å². The third-order valence-electron chi connectivity index (χ3n) is 3.93. The fourth-order valence-electron chi connectivity index (χ4n) is 2.53. The maximum Gasteiger partial charge on any atom is 0.328 e. The van der Waals surface area contributed by atoms with Gasteiger partial charge in [0.05, 0.1) is 12.9 Å². The first-order valence-corrected chi connectivity index (χ1v) is 9.67. The van der Waals surface area contributed by atoms with Crippen LogP contribution in [0, 0.1) is 5.82 Å². The second-order valence-electron chi connectivity index (χ2n) is 6.00. The van der Waals surface area contributed by atoms with Gasteiger partial charge in [0.15, 0.2) is 0 Å². The molecule has 1 N–H and O–H groups in total. The standard InChI is InChI=1S/C20H18FN3O4S/c1-27-19(26)16(11-13-5-3-2-4-6-13)22-17(25)12-29-20-24-23-18(28-20)14-7-9-15(21)10-8-14/h2-10,16H,11-12H2,1H3,(H,22,25)/t16-/m1/s1. The number of nitrogens with zero attached hydrogens (tertiary/aromatic N) is 2. The minimum absolute atomic E-state index is 0.0205. The molecule has 1 heterocycles. The van der Waals surface area contributed by atoms with Gasteiger partial charge in [-0.05, 0) is 29.8 Å². The first-order chi connectivity index (χ1) is 14.0. The summed E-state index contributed by atoms with van der Waals surface area (Å²) in [6.45, 7) is 0. The normalized spacial score (nSPS) is 11.7. The Balaban J connectivity index is 1.56. The lowest BCUT2D eigenvalue weighted by atomic mass is 10.1. The Labute approximate surface area is 170 Å². The Morgan fingerprint density at radius 1 is 1.14 bits per heavy atom. The van der Waals surface area contributed by atoms with Crippen molar-refractivity contribution in [1.82, 2.24) is 15.5 Å². The molecule has 0 saturated heterocycles. The van der Waals surface area contributed by atoms with Crippen molar-refractivity contribution in [3.05, 3.63) is 66.0 Å². The molecule has 1 aromatic heterocycles. The van der Waals surface area contributed by atoms with Gasteiger partial charge in [0, 0.05) is 12.0 Å². The van der Waals surface area contributed by atoms with E-state index in [2.05, 4.69) is 15.5 Å². The molecule has 0 radical (unpaired) electrons. The summed E-state index contributed by atoms with van der Waals surface area (Å²) in [4.78, 5) is 24.3. The molecular formula is C20H18FN3O4S. The molecule has 0 bridgehead atoms. The summed E-state index contributed by atoms with van der Waals surface area (Å²) in [6.07, 6.45) is 0.319. The lowest BCUT2D eigenvalue weighted by Gasteiger charge is -2.16. The highest BCUT2D eigenvalue weighted by atomic mass is 32.2. The number of thioether (sulfide) groups is 1. The predicted octanol–water partition coefficient (Wildman–Crippen LogP) is 2.87. The van der Waals surface area contributed by atoms with E-state index >= 15 is 0 Å². The van der Waals surface area contributed by atoms with E-state index in [1.165, 1.54) is 31.4 Å². The van der Waals surface area contributed by atoms with Gasteiger partial charge in [-0.3, -0.25) is 4.79 Å². The molecule has 9 heteroatoms. The van der Waals surface area contributed by atoms with E-state index in [0.717, 1.165) is 17.3 Å². The van der Waals surface area contributed by atoms with Gasteiger partial charge < -0.3 is 14.5 Å². The average Bonchev–Trinajstić information content (AvgIpc) is 3.21. The number of benzene rings is 2. The SMILES string of the molecule is COC(=O)[C@@H](Cc1ccccc1)NC(=O)CSc1nnc(-c2ccc(F)cc2)o1. The van der Waals surface area contributed by atoms with Gasteiger partial charge in [-0.25, -0.2) is 9.18 Å². The molecule has 0 aliphatic rings. The molecule has 0 aliphatic carbocycles. The van der Waals surface area contributed by atoms with Crippen LogP contribution in [-0.2, 0) is 20.7 Å². The second kappa shape index (κ2) is 9.83. The number of rotatable bonds is 8. The van der Waals surface area contributed by atoms with Crippen molar-refractivity contribution in [2.24, 2.45) is 0 Å². The van der Waals surface area contributed by atoms with E-state index in [1.807, 2.05) is 30.3 Å². The molecule has 0 fully saturated rings. The number of ether oxygens (including phenoxy) is 1. The summed E-state index contributed by atoms with van der Waals surface area (Å²) in [5.41, 5.74) is 1.47. The van der Waals surface area contributed by atoms with Crippen LogP contribution in [0.2, 0.25) is 0 Å². The number of amides is 1. The van der Waals surface area contributed by atoms with Gasteiger partial charge in [-0.15, -0.1) is 10.2 Å². The number of aromatic nitrogens is 2. The lowest BCUT2D eigenvalue weighted by molar-refractivity contribution is -0.144. The van der Waals surface area contributed by atoms with E-state index < -0.39 is 12.0 Å². The topological polar surface area (TPSA) is 94.3 Å². The van der Waals surface area contributed by atoms with Crippen molar-refractivity contribution in [1.29, 1.82) is 0 Å². The summed E-state index contributed by atoms with van der Waals surface area (Å²) in [5.74, 6) is -1.06. The van der Waals surface area contributed by atoms with Gasteiger partial charge in [0.1, 0.15) is 11.9 Å². The summed E-state index contributed by atoms with van der Waals surface area (Å²) in [6, 6.07) is 14.1. The molecule has 1 atom stereocenters. The highest BCUT2D eigenvalue weighted by Crippen LogP contribution is 2.23. The summed E-state index contributed by atoms with van der Waals surface area (Å²) in [5, 5.41) is 10.6. The van der Waals surface area contributed by atoms with Gasteiger partial charge in [-0.1, -0.05) is 42.1 Å². The third-order valence-corrected chi connectivity index (χ3v) is 4.75. The Morgan fingerprint density at radius 2 is 1.86 bits per heavy atom. The van der Waals surface area contributed by atoms with Crippen molar-refractivity contribution in [2.45, 2.75) is 17.7 Å². The molecule has 0 saturated carbocycles. The van der Waals surface area contributed by atoms with Crippen LogP contribution in [0.4, 0.5) is 4.39 Å². The lowest BCUT2D eigenvalue weighted by Crippen LogP contribution is -2.43. The smallest absolute Gasteiger partial charge is 0.328 e. The number of carbonyl (C=O) groups is 2. The first kappa shape index (κ1) is 20.5. The number of hydrogen-bond donors (Lipinski definition) is 1. The van der Waals surface area contributed by atoms with Crippen LogP contribution in [0.1, 0.15) is 5.56 Å². The predicted molar refractivity (Wildman–Crippen MR) is 105 cm³/mol. The number of nitrogens with one attached hydrogen (secondary N) is 1. The van der Waals surface area contributed by atoms with Gasteiger partial charge in [0.2, 0.25) is 11.8 Å². The van der Waals surface area contributed by atoms with E-state index in [1.54, 1.807) is 0 Å². The Kier molecular flexibility index (Phi) is 6.96. The number of esters is 1. The van der Waals surface area contributed by atoms with Gasteiger partial charge in [0.25, 0.3) is 5.22 Å². The van der Waals surface area contributed by atoms with Crippen LogP contribution in [0.25, 0.3) is 11.5 Å².